The number of hydrogen-bond acceptors (Lipinski definition) is 2. The Labute approximate surface area is 79.1 Å². The maximum atomic E-state index is 5.70. The summed E-state index contributed by atoms with van der Waals surface area (Å²) in [5.41, 5.74) is 8.44. The zero-order chi connectivity index (χ0) is 9.10. The molecule has 2 nitrogen and oxygen atoms in total. The van der Waals surface area contributed by atoms with E-state index in [2.05, 4.69) is 29.6 Å². The number of nitrogens with one attached hydrogen (secondary N) is 1. The smallest absolute Gasteiger partial charge is 0.0180 e. The van der Waals surface area contributed by atoms with Crippen molar-refractivity contribution in [1.82, 2.24) is 5.32 Å². The maximum Gasteiger partial charge on any atom is 0.0180 e. The summed E-state index contributed by atoms with van der Waals surface area (Å²) in [6.07, 6.45) is 1.25. The van der Waals surface area contributed by atoms with Gasteiger partial charge in [0.15, 0.2) is 0 Å². The molecule has 70 valence electrons. The van der Waals surface area contributed by atoms with E-state index in [0.717, 1.165) is 13.1 Å². The molecule has 1 unspecified atom stereocenters. The lowest BCUT2D eigenvalue weighted by Gasteiger charge is -2.12. The van der Waals surface area contributed by atoms with Gasteiger partial charge in [-0.25, -0.2) is 0 Å². The first kappa shape index (κ1) is 8.73. The standard InChI is InChI=1S/C11H16N2/c12-7-9-3-1-2-4-11(9)10-5-6-13-8-10/h1-4,10,13H,5-8,12H2. The third-order valence-electron chi connectivity index (χ3n) is 2.78. The van der Waals surface area contributed by atoms with Gasteiger partial charge >= 0.3 is 0 Å². The molecule has 0 amide bonds. The second kappa shape index (κ2) is 3.90. The van der Waals surface area contributed by atoms with Crippen LogP contribution in [0.3, 0.4) is 0 Å². The number of hydrogen-bond donors (Lipinski definition) is 2. The average molecular weight is 176 g/mol. The normalized spacial score (nSPS) is 22.1. The van der Waals surface area contributed by atoms with Gasteiger partial charge in [0.2, 0.25) is 0 Å². The first-order chi connectivity index (χ1) is 6.42. The van der Waals surface area contributed by atoms with Gasteiger partial charge in [0, 0.05) is 13.1 Å². The van der Waals surface area contributed by atoms with Crippen LogP contribution >= 0.6 is 0 Å². The third-order valence-corrected chi connectivity index (χ3v) is 2.78. The summed E-state index contributed by atoms with van der Waals surface area (Å²) in [5, 5.41) is 3.38. The molecule has 1 aliphatic rings. The first-order valence-electron chi connectivity index (χ1n) is 4.90. The Bertz CT molecular complexity index is 277. The van der Waals surface area contributed by atoms with Crippen LogP contribution in [-0.2, 0) is 6.54 Å². The third kappa shape index (κ3) is 1.74. The van der Waals surface area contributed by atoms with Crippen LogP contribution in [0.5, 0.6) is 0 Å². The van der Waals surface area contributed by atoms with Crippen molar-refractivity contribution >= 4 is 0 Å². The molecule has 3 N–H and O–H groups in total. The predicted octanol–water partition coefficient (Wildman–Crippen LogP) is 1.22. The molecule has 1 fully saturated rings. The van der Waals surface area contributed by atoms with Crippen LogP contribution in [0, 0.1) is 0 Å². The highest BCUT2D eigenvalue weighted by Crippen LogP contribution is 2.24. The van der Waals surface area contributed by atoms with E-state index >= 15 is 0 Å². The van der Waals surface area contributed by atoms with Crippen molar-refractivity contribution in [1.29, 1.82) is 0 Å². The molecule has 0 aromatic heterocycles. The van der Waals surface area contributed by atoms with Crippen molar-refractivity contribution in [2.45, 2.75) is 18.9 Å². The Kier molecular flexibility index (Phi) is 2.62. The van der Waals surface area contributed by atoms with Crippen LogP contribution in [0.1, 0.15) is 23.5 Å². The molecule has 1 aromatic rings. The average Bonchev–Trinajstić information content (AvgIpc) is 2.70. The van der Waals surface area contributed by atoms with Crippen LogP contribution < -0.4 is 11.1 Å². The zero-order valence-electron chi connectivity index (χ0n) is 7.79. The van der Waals surface area contributed by atoms with Gasteiger partial charge in [-0.15, -0.1) is 0 Å². The molecular weight excluding hydrogens is 160 g/mol. The topological polar surface area (TPSA) is 38.0 Å². The monoisotopic (exact) mass is 176 g/mol. The second-order valence-electron chi connectivity index (χ2n) is 3.59. The maximum absolute atomic E-state index is 5.70. The molecule has 2 rings (SSSR count). The summed E-state index contributed by atoms with van der Waals surface area (Å²) in [6.45, 7) is 2.91. The number of benzene rings is 1. The van der Waals surface area contributed by atoms with Gasteiger partial charge in [0.25, 0.3) is 0 Å². The fourth-order valence-corrected chi connectivity index (χ4v) is 2.04. The molecule has 0 spiro atoms. The van der Waals surface area contributed by atoms with E-state index < -0.39 is 0 Å². The Balaban J connectivity index is 2.26. The van der Waals surface area contributed by atoms with Crippen LogP contribution in [0.2, 0.25) is 0 Å². The lowest BCUT2D eigenvalue weighted by molar-refractivity contribution is 0.750. The first-order valence-corrected chi connectivity index (χ1v) is 4.90. The van der Waals surface area contributed by atoms with Crippen molar-refractivity contribution in [3.05, 3.63) is 35.4 Å². The van der Waals surface area contributed by atoms with E-state index in [1.54, 1.807) is 0 Å². The van der Waals surface area contributed by atoms with Gasteiger partial charge in [-0.05, 0) is 30.0 Å². The quantitative estimate of drug-likeness (QED) is 0.711. The molecule has 1 atom stereocenters. The van der Waals surface area contributed by atoms with E-state index in [0.29, 0.717) is 12.5 Å². The van der Waals surface area contributed by atoms with Crippen molar-refractivity contribution in [2.75, 3.05) is 13.1 Å². The van der Waals surface area contributed by atoms with Crippen LogP contribution in [0.15, 0.2) is 24.3 Å². The highest BCUT2D eigenvalue weighted by atomic mass is 14.9. The van der Waals surface area contributed by atoms with Crippen molar-refractivity contribution in [2.24, 2.45) is 5.73 Å². The molecular formula is C11H16N2. The number of rotatable bonds is 2. The zero-order valence-corrected chi connectivity index (χ0v) is 7.79. The minimum atomic E-state index is 0.659. The van der Waals surface area contributed by atoms with Gasteiger partial charge in [-0.1, -0.05) is 24.3 Å². The largest absolute Gasteiger partial charge is 0.326 e. The SMILES string of the molecule is NCc1ccccc1C1CCNC1. The second-order valence-corrected chi connectivity index (χ2v) is 3.59. The molecule has 0 aliphatic carbocycles. The molecule has 0 bridgehead atoms. The minimum Gasteiger partial charge on any atom is -0.326 e. The molecule has 1 aliphatic heterocycles. The van der Waals surface area contributed by atoms with E-state index in [4.69, 9.17) is 5.73 Å². The molecule has 13 heavy (non-hydrogen) atoms. The van der Waals surface area contributed by atoms with Crippen molar-refractivity contribution in [3.8, 4) is 0 Å². The van der Waals surface area contributed by atoms with Crippen molar-refractivity contribution in [3.63, 3.8) is 0 Å². The van der Waals surface area contributed by atoms with Crippen LogP contribution in [0.4, 0.5) is 0 Å². The van der Waals surface area contributed by atoms with E-state index in [-0.39, 0.29) is 0 Å². The highest BCUT2D eigenvalue weighted by Gasteiger charge is 2.18. The molecule has 2 heteroatoms. The predicted molar refractivity (Wildman–Crippen MR) is 54.6 cm³/mol. The Morgan fingerprint density at radius 2 is 2.23 bits per heavy atom. The summed E-state index contributed by atoms with van der Waals surface area (Å²) < 4.78 is 0. The van der Waals surface area contributed by atoms with E-state index in [9.17, 15) is 0 Å². The number of nitrogens with two attached hydrogens (primary N) is 1. The lowest BCUT2D eigenvalue weighted by Crippen LogP contribution is -2.10. The highest BCUT2D eigenvalue weighted by molar-refractivity contribution is 5.31. The lowest BCUT2D eigenvalue weighted by atomic mass is 9.93. The summed E-state index contributed by atoms with van der Waals surface area (Å²) >= 11 is 0. The van der Waals surface area contributed by atoms with E-state index in [1.807, 2.05) is 0 Å². The Morgan fingerprint density at radius 3 is 2.92 bits per heavy atom. The van der Waals surface area contributed by atoms with Gasteiger partial charge in [0.1, 0.15) is 0 Å². The summed E-state index contributed by atoms with van der Waals surface area (Å²) in [5.74, 6) is 0.680. The van der Waals surface area contributed by atoms with Crippen LogP contribution in [0.25, 0.3) is 0 Å². The molecule has 1 saturated heterocycles. The Morgan fingerprint density at radius 1 is 1.38 bits per heavy atom. The van der Waals surface area contributed by atoms with Crippen molar-refractivity contribution < 1.29 is 0 Å². The van der Waals surface area contributed by atoms with Gasteiger partial charge < -0.3 is 11.1 Å². The summed E-state index contributed by atoms with van der Waals surface area (Å²) in [6, 6.07) is 8.51. The molecule has 0 saturated carbocycles. The molecule has 1 heterocycles. The van der Waals surface area contributed by atoms with Gasteiger partial charge in [0.05, 0.1) is 0 Å². The fourth-order valence-electron chi connectivity index (χ4n) is 2.04. The minimum absolute atomic E-state index is 0.659. The summed E-state index contributed by atoms with van der Waals surface area (Å²) in [7, 11) is 0. The van der Waals surface area contributed by atoms with Crippen LogP contribution in [-0.4, -0.2) is 13.1 Å². The molecule has 0 radical (unpaired) electrons. The van der Waals surface area contributed by atoms with Gasteiger partial charge in [-0.3, -0.25) is 0 Å². The van der Waals surface area contributed by atoms with Gasteiger partial charge in [-0.2, -0.15) is 0 Å². The fraction of sp³-hybridized carbons (Fsp3) is 0.455. The summed E-state index contributed by atoms with van der Waals surface area (Å²) in [4.78, 5) is 0. The Hall–Kier alpha value is -0.860. The molecule has 1 aromatic carbocycles. The van der Waals surface area contributed by atoms with E-state index in [1.165, 1.54) is 17.5 Å².